The Balaban J connectivity index is 1.42. The number of carbonyl (C=O) groups excluding carboxylic acids is 1. The normalized spacial score (nSPS) is 16.8. The van der Waals surface area contributed by atoms with Gasteiger partial charge in [-0.15, -0.1) is 0 Å². The highest BCUT2D eigenvalue weighted by Gasteiger charge is 2.31. The van der Waals surface area contributed by atoms with E-state index >= 15 is 0 Å². The van der Waals surface area contributed by atoms with Gasteiger partial charge in [0.05, 0.1) is 17.0 Å². The minimum absolute atomic E-state index is 0.0103. The maximum Gasteiger partial charge on any atom is 0.259 e. The smallest absolute Gasteiger partial charge is 0.259 e. The van der Waals surface area contributed by atoms with Crippen LogP contribution in [0.2, 0.25) is 0 Å². The standard InChI is InChI=1S/C27H25N3O2/c31-26(28-22(15-17-11-12-17)18-7-3-1-4-8-18)21-16-23(19-13-14-19)29-27-24(21)25(30-32-27)20-9-5-2-6-10-20/h1-10,16-17,19,22H,11-15H2,(H,28,31). The van der Waals surface area contributed by atoms with E-state index in [0.717, 1.165) is 36.1 Å². The first-order valence-corrected chi connectivity index (χ1v) is 11.5. The van der Waals surface area contributed by atoms with Gasteiger partial charge in [0.25, 0.3) is 11.6 Å². The third-order valence-corrected chi connectivity index (χ3v) is 6.53. The van der Waals surface area contributed by atoms with Gasteiger partial charge in [0.2, 0.25) is 0 Å². The first-order chi connectivity index (χ1) is 15.8. The number of hydrogen-bond donors (Lipinski definition) is 1. The molecule has 0 saturated heterocycles. The van der Waals surface area contributed by atoms with Crippen molar-refractivity contribution in [1.82, 2.24) is 15.5 Å². The zero-order chi connectivity index (χ0) is 21.5. The van der Waals surface area contributed by atoms with E-state index in [1.54, 1.807) is 0 Å². The number of carbonyl (C=O) groups is 1. The third kappa shape index (κ3) is 3.79. The van der Waals surface area contributed by atoms with Gasteiger partial charge in [0.1, 0.15) is 5.69 Å². The fourth-order valence-electron chi connectivity index (χ4n) is 4.42. The van der Waals surface area contributed by atoms with E-state index in [-0.39, 0.29) is 11.9 Å². The van der Waals surface area contributed by atoms with E-state index in [1.807, 2.05) is 54.6 Å². The van der Waals surface area contributed by atoms with E-state index in [9.17, 15) is 4.79 Å². The molecule has 2 saturated carbocycles. The second-order valence-corrected chi connectivity index (χ2v) is 9.06. The van der Waals surface area contributed by atoms with Crippen molar-refractivity contribution in [1.29, 1.82) is 0 Å². The second-order valence-electron chi connectivity index (χ2n) is 9.06. The molecule has 2 aliphatic carbocycles. The number of benzene rings is 2. The lowest BCUT2D eigenvalue weighted by atomic mass is 9.99. The molecule has 2 fully saturated rings. The molecule has 1 unspecified atom stereocenters. The molecule has 4 aromatic rings. The molecule has 2 aromatic heterocycles. The molecule has 2 aliphatic rings. The minimum atomic E-state index is -0.0887. The largest absolute Gasteiger partial charge is 0.345 e. The molecular weight excluding hydrogens is 398 g/mol. The fraction of sp³-hybridized carbons (Fsp3) is 0.296. The van der Waals surface area contributed by atoms with Gasteiger partial charge in [0, 0.05) is 17.2 Å². The van der Waals surface area contributed by atoms with Crippen molar-refractivity contribution in [3.05, 3.63) is 83.6 Å². The van der Waals surface area contributed by atoms with Crippen molar-refractivity contribution in [2.45, 2.75) is 44.1 Å². The first kappa shape index (κ1) is 19.2. The van der Waals surface area contributed by atoms with E-state index in [0.29, 0.717) is 34.2 Å². The molecule has 2 heterocycles. The Labute approximate surface area is 186 Å². The molecular formula is C27H25N3O2. The van der Waals surface area contributed by atoms with Gasteiger partial charge in [0.15, 0.2) is 0 Å². The number of pyridine rings is 1. The summed E-state index contributed by atoms with van der Waals surface area (Å²) in [5, 5.41) is 8.33. The number of hydrogen-bond acceptors (Lipinski definition) is 4. The van der Waals surface area contributed by atoms with Crippen molar-refractivity contribution >= 4 is 17.0 Å². The Morgan fingerprint density at radius 1 is 1.00 bits per heavy atom. The summed E-state index contributed by atoms with van der Waals surface area (Å²) in [5.41, 5.74) is 4.70. The highest BCUT2D eigenvalue weighted by Crippen LogP contribution is 2.42. The van der Waals surface area contributed by atoms with Crippen LogP contribution in [0.15, 0.2) is 71.3 Å². The monoisotopic (exact) mass is 423 g/mol. The van der Waals surface area contributed by atoms with Gasteiger partial charge in [-0.25, -0.2) is 4.98 Å². The average molecular weight is 424 g/mol. The van der Waals surface area contributed by atoms with Crippen LogP contribution in [0.3, 0.4) is 0 Å². The molecule has 0 bridgehead atoms. The van der Waals surface area contributed by atoms with Crippen LogP contribution in [0, 0.1) is 5.92 Å². The maximum absolute atomic E-state index is 13.7. The molecule has 0 spiro atoms. The minimum Gasteiger partial charge on any atom is -0.345 e. The van der Waals surface area contributed by atoms with E-state index < -0.39 is 0 Å². The van der Waals surface area contributed by atoms with Crippen molar-refractivity contribution in [3.8, 4) is 11.3 Å². The average Bonchev–Trinajstić information content (AvgIpc) is 3.77. The van der Waals surface area contributed by atoms with Crippen LogP contribution in [0.5, 0.6) is 0 Å². The number of aromatic nitrogens is 2. The van der Waals surface area contributed by atoms with Crippen LogP contribution in [0.1, 0.15) is 65.7 Å². The Morgan fingerprint density at radius 3 is 2.41 bits per heavy atom. The summed E-state index contributed by atoms with van der Waals surface area (Å²) in [6, 6.07) is 22.1. The predicted octanol–water partition coefficient (Wildman–Crippen LogP) is 6.04. The summed E-state index contributed by atoms with van der Waals surface area (Å²) in [5.74, 6) is 1.01. The Kier molecular flexibility index (Phi) is 4.75. The lowest BCUT2D eigenvalue weighted by Gasteiger charge is -2.20. The molecule has 0 radical (unpaired) electrons. The van der Waals surface area contributed by atoms with Crippen LogP contribution in [0.4, 0.5) is 0 Å². The SMILES string of the molecule is O=C(NC(CC1CC1)c1ccccc1)c1cc(C2CC2)nc2onc(-c3ccccc3)c12. The molecule has 5 nitrogen and oxygen atoms in total. The highest BCUT2D eigenvalue weighted by molar-refractivity contribution is 6.09. The van der Waals surface area contributed by atoms with Crippen molar-refractivity contribution in [2.75, 3.05) is 0 Å². The summed E-state index contributed by atoms with van der Waals surface area (Å²) in [4.78, 5) is 18.4. The maximum atomic E-state index is 13.7. The topological polar surface area (TPSA) is 68.0 Å². The lowest BCUT2D eigenvalue weighted by molar-refractivity contribution is 0.0935. The predicted molar refractivity (Wildman–Crippen MR) is 123 cm³/mol. The van der Waals surface area contributed by atoms with Gasteiger partial charge >= 0.3 is 0 Å². The molecule has 32 heavy (non-hydrogen) atoms. The van der Waals surface area contributed by atoms with Crippen LogP contribution in [-0.2, 0) is 0 Å². The van der Waals surface area contributed by atoms with E-state index in [4.69, 9.17) is 9.51 Å². The van der Waals surface area contributed by atoms with Crippen molar-refractivity contribution in [3.63, 3.8) is 0 Å². The lowest BCUT2D eigenvalue weighted by Crippen LogP contribution is -2.29. The Bertz CT molecular complexity index is 1260. The van der Waals surface area contributed by atoms with Crippen molar-refractivity contribution < 1.29 is 9.32 Å². The molecule has 2 aromatic carbocycles. The zero-order valence-corrected chi connectivity index (χ0v) is 17.8. The van der Waals surface area contributed by atoms with Gasteiger partial charge in [-0.3, -0.25) is 4.79 Å². The zero-order valence-electron chi connectivity index (χ0n) is 17.8. The van der Waals surface area contributed by atoms with Crippen LogP contribution in [0.25, 0.3) is 22.4 Å². The summed E-state index contributed by atoms with van der Waals surface area (Å²) in [6.07, 6.45) is 5.67. The van der Waals surface area contributed by atoms with Gasteiger partial charge in [-0.2, -0.15) is 0 Å². The number of rotatable bonds is 7. The number of amides is 1. The summed E-state index contributed by atoms with van der Waals surface area (Å²) >= 11 is 0. The molecule has 1 amide bonds. The summed E-state index contributed by atoms with van der Waals surface area (Å²) in [7, 11) is 0. The quantitative estimate of drug-likeness (QED) is 0.394. The molecule has 5 heteroatoms. The van der Waals surface area contributed by atoms with Gasteiger partial charge in [-0.1, -0.05) is 78.7 Å². The fourth-order valence-corrected chi connectivity index (χ4v) is 4.42. The molecule has 0 aliphatic heterocycles. The Morgan fingerprint density at radius 2 is 1.72 bits per heavy atom. The second kappa shape index (κ2) is 7.90. The molecule has 6 rings (SSSR count). The molecule has 1 N–H and O–H groups in total. The third-order valence-electron chi connectivity index (χ3n) is 6.53. The van der Waals surface area contributed by atoms with E-state index in [2.05, 4.69) is 22.6 Å². The van der Waals surface area contributed by atoms with E-state index in [1.165, 1.54) is 12.8 Å². The summed E-state index contributed by atoms with van der Waals surface area (Å²) < 4.78 is 5.64. The van der Waals surface area contributed by atoms with Gasteiger partial charge < -0.3 is 9.84 Å². The first-order valence-electron chi connectivity index (χ1n) is 11.5. The highest BCUT2D eigenvalue weighted by atomic mass is 16.5. The Hall–Kier alpha value is -3.47. The molecule has 160 valence electrons. The number of nitrogens with zero attached hydrogens (tertiary/aromatic N) is 2. The number of fused-ring (bicyclic) bond motifs is 1. The molecule has 1 atom stereocenters. The van der Waals surface area contributed by atoms with Crippen LogP contribution in [-0.4, -0.2) is 16.0 Å². The van der Waals surface area contributed by atoms with Crippen molar-refractivity contribution in [2.24, 2.45) is 5.92 Å². The van der Waals surface area contributed by atoms with Crippen LogP contribution >= 0.6 is 0 Å². The van der Waals surface area contributed by atoms with Gasteiger partial charge in [-0.05, 0) is 36.8 Å². The van der Waals surface area contributed by atoms with Crippen LogP contribution < -0.4 is 5.32 Å². The summed E-state index contributed by atoms with van der Waals surface area (Å²) in [6.45, 7) is 0. The number of nitrogens with one attached hydrogen (secondary N) is 1.